The number of sulfone groups is 1. The van der Waals surface area contributed by atoms with Gasteiger partial charge in [0.2, 0.25) is 15.7 Å². The molecule has 5 rings (SSSR count). The van der Waals surface area contributed by atoms with E-state index in [4.69, 9.17) is 25.8 Å². The molecular formula is C30H29F3N4O6S2. The highest BCUT2D eigenvalue weighted by Gasteiger charge is 2.38. The fourth-order valence-corrected chi connectivity index (χ4v) is 6.95. The number of likely N-dealkylation sites (tertiary alicyclic amines) is 1. The first kappa shape index (κ1) is 33.4. The van der Waals surface area contributed by atoms with Gasteiger partial charge in [-0.3, -0.25) is 15.5 Å². The summed E-state index contributed by atoms with van der Waals surface area (Å²) in [5.74, 6) is -2.05. The molecule has 0 radical (unpaired) electrons. The summed E-state index contributed by atoms with van der Waals surface area (Å²) in [4.78, 5) is 25.2. The van der Waals surface area contributed by atoms with E-state index in [-0.39, 0.29) is 27.7 Å². The number of amidine groups is 1. The number of carboxylic acids is 1. The zero-order valence-electron chi connectivity index (χ0n) is 23.8. The number of nitrogen functional groups attached to an aromatic ring is 1. The van der Waals surface area contributed by atoms with Crippen molar-refractivity contribution in [2.75, 3.05) is 13.7 Å². The summed E-state index contributed by atoms with van der Waals surface area (Å²) < 4.78 is 64.1. The Kier molecular flexibility index (Phi) is 10.2. The normalized spacial score (nSPS) is 14.1. The molecule has 4 aromatic rings. The molecule has 1 aliphatic heterocycles. The molecule has 3 aromatic carbocycles. The second-order valence-corrected chi connectivity index (χ2v) is 13.0. The van der Waals surface area contributed by atoms with Gasteiger partial charge in [-0.2, -0.15) is 13.2 Å². The second-order valence-electron chi connectivity index (χ2n) is 9.92. The fourth-order valence-electron chi connectivity index (χ4n) is 4.62. The molecule has 0 saturated carbocycles. The van der Waals surface area contributed by atoms with Gasteiger partial charge in [-0.1, -0.05) is 24.3 Å². The highest BCUT2D eigenvalue weighted by Crippen LogP contribution is 2.31. The van der Waals surface area contributed by atoms with Gasteiger partial charge in [-0.15, -0.1) is 11.3 Å². The maximum absolute atomic E-state index is 13.5. The number of rotatable bonds is 9. The van der Waals surface area contributed by atoms with Gasteiger partial charge in [0.25, 0.3) is 0 Å². The van der Waals surface area contributed by atoms with Crippen molar-refractivity contribution >= 4 is 49.7 Å². The third-order valence-corrected chi connectivity index (χ3v) is 9.78. The van der Waals surface area contributed by atoms with Crippen LogP contribution < -0.4 is 15.8 Å². The number of halogens is 3. The van der Waals surface area contributed by atoms with Crippen LogP contribution in [-0.4, -0.2) is 56.0 Å². The van der Waals surface area contributed by atoms with E-state index in [9.17, 15) is 26.4 Å². The van der Waals surface area contributed by atoms with Gasteiger partial charge in [0.1, 0.15) is 17.8 Å². The van der Waals surface area contributed by atoms with Crippen molar-refractivity contribution in [3.8, 4) is 5.75 Å². The third-order valence-electron chi connectivity index (χ3n) is 6.86. The molecule has 2 heterocycles. The molecule has 1 amide bonds. The Morgan fingerprint density at radius 1 is 1.09 bits per heavy atom. The number of benzene rings is 3. The molecular weight excluding hydrogens is 633 g/mol. The zero-order valence-corrected chi connectivity index (χ0v) is 25.4. The van der Waals surface area contributed by atoms with Crippen LogP contribution in [0.3, 0.4) is 0 Å². The first-order chi connectivity index (χ1) is 21.2. The molecule has 45 heavy (non-hydrogen) atoms. The minimum Gasteiger partial charge on any atom is -0.497 e. The van der Waals surface area contributed by atoms with Crippen LogP contribution in [0.2, 0.25) is 0 Å². The number of nitrogens with one attached hydrogen (secondary N) is 2. The van der Waals surface area contributed by atoms with Gasteiger partial charge in [0.05, 0.1) is 21.8 Å². The average Bonchev–Trinajstić information content (AvgIpc) is 3.67. The summed E-state index contributed by atoms with van der Waals surface area (Å²) in [6, 6.07) is 21.1. The van der Waals surface area contributed by atoms with Crippen LogP contribution in [-0.2, 0) is 26.0 Å². The largest absolute Gasteiger partial charge is 0.497 e. The molecule has 1 aliphatic rings. The van der Waals surface area contributed by atoms with Gasteiger partial charge < -0.3 is 20.5 Å². The summed E-state index contributed by atoms with van der Waals surface area (Å²) in [6.45, 7) is 0.977. The van der Waals surface area contributed by atoms with Crippen molar-refractivity contribution in [3.05, 3.63) is 88.1 Å². The van der Waals surface area contributed by atoms with Crippen molar-refractivity contribution in [3.63, 3.8) is 0 Å². The quantitative estimate of drug-likeness (QED) is 0.143. The Hall–Kier alpha value is -4.47. The number of ether oxygens (including phenoxy) is 1. The van der Waals surface area contributed by atoms with E-state index in [1.165, 1.54) is 11.3 Å². The van der Waals surface area contributed by atoms with Crippen LogP contribution in [0.15, 0.2) is 82.6 Å². The molecule has 15 heteroatoms. The fraction of sp³-hybridized carbons (Fsp3) is 0.233. The highest BCUT2D eigenvalue weighted by atomic mass is 32.2. The van der Waals surface area contributed by atoms with Gasteiger partial charge >= 0.3 is 12.1 Å². The Morgan fingerprint density at radius 3 is 2.38 bits per heavy atom. The number of nitrogens with two attached hydrogens (primary N) is 1. The number of carbonyl (C=O) groups is 2. The Morgan fingerprint density at radius 2 is 1.78 bits per heavy atom. The molecule has 1 atom stereocenters. The summed E-state index contributed by atoms with van der Waals surface area (Å²) in [6.07, 6.45) is -4.19. The lowest BCUT2D eigenvalue weighted by Gasteiger charge is -2.28. The van der Waals surface area contributed by atoms with Crippen LogP contribution in [0.5, 0.6) is 5.75 Å². The molecule has 1 saturated heterocycles. The number of hydrogen-bond acceptors (Lipinski definition) is 8. The number of carbonyl (C=O) groups excluding carboxylic acids is 1. The molecule has 1 aromatic heterocycles. The van der Waals surface area contributed by atoms with Crippen molar-refractivity contribution < 1.29 is 41.0 Å². The Labute approximate surface area is 260 Å². The van der Waals surface area contributed by atoms with Gasteiger partial charge in [0.15, 0.2) is 0 Å². The summed E-state index contributed by atoms with van der Waals surface area (Å²) in [5.41, 5.74) is 6.42. The Bertz CT molecular complexity index is 1840. The number of nitrogens with zero attached hydrogens (tertiary/aromatic N) is 1. The number of hydrogen-bond donors (Lipinski definition) is 4. The van der Waals surface area contributed by atoms with Gasteiger partial charge in [0, 0.05) is 24.4 Å². The van der Waals surface area contributed by atoms with Crippen molar-refractivity contribution in [1.29, 1.82) is 5.41 Å². The van der Waals surface area contributed by atoms with E-state index in [0.717, 1.165) is 27.6 Å². The number of fused-ring (bicyclic) bond motifs is 1. The summed E-state index contributed by atoms with van der Waals surface area (Å²) in [7, 11) is -2.19. The minimum atomic E-state index is -5.08. The van der Waals surface area contributed by atoms with E-state index in [1.807, 2.05) is 30.3 Å². The standard InChI is InChI=1S/C28H28N4O4S2.C2HF3O2/c1-36-21-9-7-19-8-10-23(16-20(19)15-21)38(34,35)22-5-2-4-18(14-22)17-31-28(32-13-3-6-26(32)33)25-12-11-24(37-25)27(29)30;3-2(4,5)1(6)7/h2,4-5,7-12,14-16,28,31H,3,6,13,17H2,1H3,(H3,29,30);(H,6,7). The average molecular weight is 663 g/mol. The minimum absolute atomic E-state index is 0.0159. The van der Waals surface area contributed by atoms with E-state index in [2.05, 4.69) is 5.32 Å². The summed E-state index contributed by atoms with van der Waals surface area (Å²) in [5, 5.41) is 20.0. The van der Waals surface area contributed by atoms with Crippen LogP contribution in [0.1, 0.15) is 34.3 Å². The lowest BCUT2D eigenvalue weighted by atomic mass is 10.1. The predicted octanol–water partition coefficient (Wildman–Crippen LogP) is 5.07. The predicted molar refractivity (Wildman–Crippen MR) is 162 cm³/mol. The first-order valence-electron chi connectivity index (χ1n) is 13.4. The molecule has 0 aliphatic carbocycles. The van der Waals surface area contributed by atoms with E-state index >= 15 is 0 Å². The maximum Gasteiger partial charge on any atom is 0.490 e. The number of alkyl halides is 3. The molecule has 0 spiro atoms. The molecule has 1 unspecified atom stereocenters. The van der Waals surface area contributed by atoms with Crippen LogP contribution in [0.25, 0.3) is 10.8 Å². The third kappa shape index (κ3) is 7.98. The van der Waals surface area contributed by atoms with Crippen molar-refractivity contribution in [1.82, 2.24) is 10.2 Å². The van der Waals surface area contributed by atoms with E-state index in [1.54, 1.807) is 54.5 Å². The number of thiophene rings is 1. The van der Waals surface area contributed by atoms with Crippen LogP contribution >= 0.6 is 11.3 Å². The topological polar surface area (TPSA) is 163 Å². The smallest absolute Gasteiger partial charge is 0.490 e. The number of amides is 1. The molecule has 0 bridgehead atoms. The SMILES string of the molecule is COc1ccc2ccc(S(=O)(=O)c3cccc(CNC(c4ccc(C(=N)N)s4)N4CCCC4=O)c3)cc2c1.O=C(O)C(F)(F)F. The van der Waals surface area contributed by atoms with Gasteiger partial charge in [-0.05, 0) is 71.3 Å². The maximum atomic E-state index is 13.5. The molecule has 1 fully saturated rings. The van der Waals surface area contributed by atoms with Crippen molar-refractivity contribution in [2.45, 2.75) is 41.5 Å². The summed E-state index contributed by atoms with van der Waals surface area (Å²) >= 11 is 1.37. The van der Waals surface area contributed by atoms with E-state index < -0.39 is 22.0 Å². The van der Waals surface area contributed by atoms with Crippen LogP contribution in [0, 0.1) is 5.41 Å². The molecule has 238 valence electrons. The van der Waals surface area contributed by atoms with Crippen molar-refractivity contribution in [2.24, 2.45) is 5.73 Å². The van der Waals surface area contributed by atoms with Gasteiger partial charge in [-0.25, -0.2) is 13.2 Å². The van der Waals surface area contributed by atoms with Crippen LogP contribution in [0.4, 0.5) is 13.2 Å². The number of methoxy groups -OCH3 is 1. The zero-order chi connectivity index (χ0) is 32.9. The molecule has 5 N–H and O–H groups in total. The second kappa shape index (κ2) is 13.7. The Balaban J connectivity index is 0.000000591. The number of aliphatic carboxylic acids is 1. The first-order valence-corrected chi connectivity index (χ1v) is 15.7. The lowest BCUT2D eigenvalue weighted by Crippen LogP contribution is -2.38. The number of carboxylic acid groups (broad SMARTS) is 1. The van der Waals surface area contributed by atoms with E-state index in [0.29, 0.717) is 30.1 Å². The lowest BCUT2D eigenvalue weighted by molar-refractivity contribution is -0.192. The highest BCUT2D eigenvalue weighted by molar-refractivity contribution is 7.91. The monoisotopic (exact) mass is 662 g/mol. The molecule has 10 nitrogen and oxygen atoms in total.